The molecule has 0 fully saturated rings. The van der Waals surface area contributed by atoms with Crippen LogP contribution in [0, 0.1) is 5.92 Å². The lowest BCUT2D eigenvalue weighted by Crippen LogP contribution is -2.57. The van der Waals surface area contributed by atoms with Gasteiger partial charge in [0.15, 0.2) is 0 Å². The van der Waals surface area contributed by atoms with Crippen molar-refractivity contribution in [1.82, 2.24) is 25.9 Å². The second-order valence-corrected chi connectivity index (χ2v) is 8.64. The lowest BCUT2D eigenvalue weighted by atomic mass is 10.0. The average Bonchev–Trinajstić information content (AvgIpc) is 3.27. The van der Waals surface area contributed by atoms with E-state index >= 15 is 0 Å². The summed E-state index contributed by atoms with van der Waals surface area (Å²) in [5.41, 5.74) is 11.5. The van der Waals surface area contributed by atoms with Crippen molar-refractivity contribution < 1.29 is 39.0 Å². The number of nitrogens with zero attached hydrogens (tertiary/aromatic N) is 1. The molecule has 0 saturated carbocycles. The molecular weight excluding hydrogens is 478 g/mol. The fourth-order valence-electron chi connectivity index (χ4n) is 3.19. The van der Waals surface area contributed by atoms with Gasteiger partial charge in [-0.05, 0) is 18.8 Å². The Morgan fingerprint density at radius 2 is 1.56 bits per heavy atom. The molecular formula is C21H33N7O8. The van der Waals surface area contributed by atoms with Crippen LogP contribution in [-0.4, -0.2) is 79.9 Å². The third-order valence-corrected chi connectivity index (χ3v) is 4.97. The Balaban J connectivity index is 2.98. The van der Waals surface area contributed by atoms with Gasteiger partial charge in [0.05, 0.1) is 18.8 Å². The van der Waals surface area contributed by atoms with Crippen molar-refractivity contribution >= 4 is 35.6 Å². The normalized spacial score (nSPS) is 14.2. The van der Waals surface area contributed by atoms with E-state index < -0.39 is 72.6 Å². The van der Waals surface area contributed by atoms with Gasteiger partial charge in [0.1, 0.15) is 18.1 Å². The van der Waals surface area contributed by atoms with Gasteiger partial charge >= 0.3 is 11.9 Å². The molecule has 15 heteroatoms. The van der Waals surface area contributed by atoms with E-state index in [0.29, 0.717) is 5.69 Å². The summed E-state index contributed by atoms with van der Waals surface area (Å²) in [6.45, 7) is 3.60. The molecule has 4 unspecified atom stereocenters. The minimum Gasteiger partial charge on any atom is -0.481 e. The highest BCUT2D eigenvalue weighted by Gasteiger charge is 2.31. The number of aliphatic carboxylic acids is 2. The number of hydrogen-bond donors (Lipinski definition) is 8. The maximum Gasteiger partial charge on any atom is 0.326 e. The van der Waals surface area contributed by atoms with E-state index in [-0.39, 0.29) is 25.2 Å². The van der Waals surface area contributed by atoms with Crippen LogP contribution in [-0.2, 0) is 35.2 Å². The van der Waals surface area contributed by atoms with Gasteiger partial charge in [-0.3, -0.25) is 24.0 Å². The molecule has 0 radical (unpaired) electrons. The highest BCUT2D eigenvalue weighted by molar-refractivity contribution is 5.95. The first-order valence-electron chi connectivity index (χ1n) is 11.2. The topological polar surface area (TPSA) is 260 Å². The number of H-pyrrole nitrogens is 1. The van der Waals surface area contributed by atoms with E-state index in [1.54, 1.807) is 13.8 Å². The van der Waals surface area contributed by atoms with E-state index in [2.05, 4.69) is 25.9 Å². The number of carboxylic acids is 2. The average molecular weight is 512 g/mol. The first-order valence-corrected chi connectivity index (χ1v) is 11.2. The summed E-state index contributed by atoms with van der Waals surface area (Å²) in [5.74, 6) is -6.30. The lowest BCUT2D eigenvalue weighted by molar-refractivity contribution is -0.144. The van der Waals surface area contributed by atoms with Crippen LogP contribution in [0.1, 0.15) is 45.2 Å². The number of carboxylic acid groups (broad SMARTS) is 2. The third-order valence-electron chi connectivity index (χ3n) is 4.97. The number of nitrogens with two attached hydrogens (primary N) is 2. The molecule has 0 saturated heterocycles. The monoisotopic (exact) mass is 511 g/mol. The molecule has 200 valence electrons. The molecule has 10 N–H and O–H groups in total. The summed E-state index contributed by atoms with van der Waals surface area (Å²) < 4.78 is 0. The van der Waals surface area contributed by atoms with Crippen LogP contribution in [0.25, 0.3) is 0 Å². The predicted octanol–water partition coefficient (Wildman–Crippen LogP) is -2.40. The zero-order chi connectivity index (χ0) is 27.4. The molecule has 0 aromatic carbocycles. The molecule has 1 aromatic rings. The number of nitrogens with one attached hydrogen (secondary N) is 4. The van der Waals surface area contributed by atoms with Gasteiger partial charge in [0.25, 0.3) is 0 Å². The Kier molecular flexibility index (Phi) is 12.0. The van der Waals surface area contributed by atoms with Crippen LogP contribution >= 0.6 is 0 Å². The largest absolute Gasteiger partial charge is 0.481 e. The number of aromatic amines is 1. The van der Waals surface area contributed by atoms with Crippen molar-refractivity contribution in [2.75, 3.05) is 0 Å². The van der Waals surface area contributed by atoms with E-state index in [4.69, 9.17) is 16.6 Å². The first kappa shape index (κ1) is 30.0. The minimum absolute atomic E-state index is 0.0665. The fraction of sp³-hybridized carbons (Fsp3) is 0.571. The number of rotatable bonds is 16. The molecule has 36 heavy (non-hydrogen) atoms. The Hall–Kier alpha value is -4.01. The Morgan fingerprint density at radius 1 is 0.972 bits per heavy atom. The van der Waals surface area contributed by atoms with Crippen LogP contribution < -0.4 is 27.4 Å². The Labute approximate surface area is 206 Å². The van der Waals surface area contributed by atoms with Crippen LogP contribution in [0.5, 0.6) is 0 Å². The summed E-state index contributed by atoms with van der Waals surface area (Å²) in [7, 11) is 0. The molecule has 1 rings (SSSR count). The van der Waals surface area contributed by atoms with Gasteiger partial charge in [-0.25, -0.2) is 9.78 Å². The third kappa shape index (κ3) is 10.9. The van der Waals surface area contributed by atoms with Crippen molar-refractivity contribution in [2.45, 2.75) is 70.1 Å². The minimum atomic E-state index is -1.68. The van der Waals surface area contributed by atoms with Gasteiger partial charge in [-0.1, -0.05) is 13.8 Å². The lowest BCUT2D eigenvalue weighted by Gasteiger charge is -2.25. The first-order chi connectivity index (χ1) is 16.8. The number of carbonyl (C=O) groups excluding carboxylic acids is 4. The molecule has 1 heterocycles. The SMILES string of the molecule is CC(C)CC(NC(=O)C(N)Cc1cnc[nH]1)C(=O)NC(CCC(=O)O)C(=O)NC(CC(N)=O)C(=O)O. The highest BCUT2D eigenvalue weighted by atomic mass is 16.4. The number of amides is 4. The van der Waals surface area contributed by atoms with Crippen LogP contribution in [0.2, 0.25) is 0 Å². The van der Waals surface area contributed by atoms with Crippen LogP contribution in [0.3, 0.4) is 0 Å². The van der Waals surface area contributed by atoms with E-state index in [1.807, 2.05) is 0 Å². The summed E-state index contributed by atoms with van der Waals surface area (Å²) >= 11 is 0. The van der Waals surface area contributed by atoms with Gasteiger partial charge in [-0.2, -0.15) is 0 Å². The van der Waals surface area contributed by atoms with Crippen molar-refractivity contribution in [3.05, 3.63) is 18.2 Å². The summed E-state index contributed by atoms with van der Waals surface area (Å²) in [6.07, 6.45) is 1.61. The second kappa shape index (κ2) is 14.4. The molecule has 4 amide bonds. The Bertz CT molecular complexity index is 935. The van der Waals surface area contributed by atoms with Crippen LogP contribution in [0.4, 0.5) is 0 Å². The molecule has 0 bridgehead atoms. The smallest absolute Gasteiger partial charge is 0.326 e. The number of carbonyl (C=O) groups is 6. The summed E-state index contributed by atoms with van der Waals surface area (Å²) in [6, 6.07) is -5.27. The predicted molar refractivity (Wildman–Crippen MR) is 124 cm³/mol. The van der Waals surface area contributed by atoms with Crippen molar-refractivity contribution in [1.29, 1.82) is 0 Å². The molecule has 15 nitrogen and oxygen atoms in total. The summed E-state index contributed by atoms with van der Waals surface area (Å²) in [4.78, 5) is 78.5. The van der Waals surface area contributed by atoms with Gasteiger partial charge in [0, 0.05) is 24.7 Å². The molecule has 0 aliphatic carbocycles. The second-order valence-electron chi connectivity index (χ2n) is 8.64. The zero-order valence-electron chi connectivity index (χ0n) is 20.0. The van der Waals surface area contributed by atoms with Crippen LogP contribution in [0.15, 0.2) is 12.5 Å². The van der Waals surface area contributed by atoms with Gasteiger partial charge in [0.2, 0.25) is 23.6 Å². The van der Waals surface area contributed by atoms with Gasteiger partial charge < -0.3 is 42.6 Å². The van der Waals surface area contributed by atoms with E-state index in [1.165, 1.54) is 12.5 Å². The molecule has 0 spiro atoms. The maximum absolute atomic E-state index is 13.0. The number of aromatic nitrogens is 2. The molecule has 4 atom stereocenters. The van der Waals surface area contributed by atoms with Crippen molar-refractivity contribution in [2.24, 2.45) is 17.4 Å². The quantitative estimate of drug-likeness (QED) is 0.117. The Morgan fingerprint density at radius 3 is 2.06 bits per heavy atom. The van der Waals surface area contributed by atoms with Crippen molar-refractivity contribution in [3.63, 3.8) is 0 Å². The van der Waals surface area contributed by atoms with Gasteiger partial charge in [-0.15, -0.1) is 0 Å². The molecule has 0 aliphatic heterocycles. The number of primary amides is 1. The number of imidazole rings is 1. The molecule has 0 aliphatic rings. The van der Waals surface area contributed by atoms with E-state index in [0.717, 1.165) is 0 Å². The molecule has 1 aromatic heterocycles. The summed E-state index contributed by atoms with van der Waals surface area (Å²) in [5, 5.41) is 25.2. The zero-order valence-corrected chi connectivity index (χ0v) is 20.0. The fourth-order valence-corrected chi connectivity index (χ4v) is 3.19. The maximum atomic E-state index is 13.0. The van der Waals surface area contributed by atoms with Crippen molar-refractivity contribution in [3.8, 4) is 0 Å². The standard InChI is InChI=1S/C21H33N7O8/c1-10(2)5-14(27-18(32)12(22)6-11-8-24-9-25-11)20(34)26-13(3-4-17(30)31)19(33)28-15(21(35)36)7-16(23)29/h8-10,12-15H,3-7,22H2,1-2H3,(H2,23,29)(H,24,25)(H,26,34)(H,27,32)(H,28,33)(H,30,31)(H,35,36). The highest BCUT2D eigenvalue weighted by Crippen LogP contribution is 2.08. The number of hydrogen-bond acceptors (Lipinski definition) is 8. The van der Waals surface area contributed by atoms with E-state index in [9.17, 15) is 33.9 Å².